The first kappa shape index (κ1) is 13.8. The quantitative estimate of drug-likeness (QED) is 0.685. The van der Waals surface area contributed by atoms with Crippen molar-refractivity contribution >= 4 is 39.0 Å². The number of phenols is 1. The molecule has 98 valence electrons. The van der Waals surface area contributed by atoms with E-state index < -0.39 is 5.97 Å². The molecule has 0 fully saturated rings. The fraction of sp³-hybridized carbons (Fsp3) is 0.0769. The van der Waals surface area contributed by atoms with Gasteiger partial charge in [-0.25, -0.2) is 4.79 Å². The fourth-order valence-corrected chi connectivity index (χ4v) is 2.40. The molecule has 0 saturated carbocycles. The number of benzene rings is 1. The van der Waals surface area contributed by atoms with E-state index in [0.29, 0.717) is 9.35 Å². The Kier molecular flexibility index (Phi) is 4.34. The Labute approximate surface area is 121 Å². The first-order chi connectivity index (χ1) is 9.08. The van der Waals surface area contributed by atoms with Crippen molar-refractivity contribution in [3.8, 4) is 5.75 Å². The van der Waals surface area contributed by atoms with Crippen molar-refractivity contribution in [3.05, 3.63) is 50.6 Å². The van der Waals surface area contributed by atoms with Gasteiger partial charge in [-0.05, 0) is 29.6 Å². The number of aromatic hydroxyl groups is 1. The molecule has 1 aromatic heterocycles. The summed E-state index contributed by atoms with van der Waals surface area (Å²) in [7, 11) is 0. The van der Waals surface area contributed by atoms with Crippen LogP contribution in [0.5, 0.6) is 5.75 Å². The first-order valence-corrected chi connectivity index (χ1v) is 6.97. The number of rotatable bonds is 4. The van der Waals surface area contributed by atoms with Gasteiger partial charge >= 0.3 is 5.97 Å². The molecule has 0 aliphatic rings. The zero-order valence-electron chi connectivity index (χ0n) is 9.63. The summed E-state index contributed by atoms with van der Waals surface area (Å²) in [5.41, 5.74) is 0.0216. The maximum absolute atomic E-state index is 11.7. The van der Waals surface area contributed by atoms with E-state index in [4.69, 9.17) is 4.74 Å². The van der Waals surface area contributed by atoms with Crippen LogP contribution in [0.15, 0.2) is 40.2 Å². The molecule has 1 heterocycles. The van der Waals surface area contributed by atoms with E-state index >= 15 is 0 Å². The summed E-state index contributed by atoms with van der Waals surface area (Å²) in [6.45, 7) is -0.342. The first-order valence-electron chi connectivity index (χ1n) is 5.30. The van der Waals surface area contributed by atoms with Crippen LogP contribution in [0.25, 0.3) is 0 Å². The predicted molar refractivity (Wildman–Crippen MR) is 74.7 cm³/mol. The van der Waals surface area contributed by atoms with Crippen molar-refractivity contribution in [1.29, 1.82) is 0 Å². The zero-order valence-corrected chi connectivity index (χ0v) is 12.0. The van der Waals surface area contributed by atoms with Gasteiger partial charge in [0.1, 0.15) is 11.3 Å². The Morgan fingerprint density at radius 3 is 2.79 bits per heavy atom. The highest BCUT2D eigenvalue weighted by Crippen LogP contribution is 2.22. The predicted octanol–water partition coefficient (Wildman–Crippen LogP) is 3.26. The second-order valence-electron chi connectivity index (χ2n) is 3.64. The SMILES string of the molecule is O=C(COC(=O)c1cc(Br)ccc1O)c1cccs1. The highest BCUT2D eigenvalue weighted by molar-refractivity contribution is 9.10. The average Bonchev–Trinajstić information content (AvgIpc) is 2.92. The van der Waals surface area contributed by atoms with Gasteiger partial charge in [0.2, 0.25) is 5.78 Å². The molecule has 1 aromatic carbocycles. The standard InChI is InChI=1S/C13H9BrO4S/c14-8-3-4-10(15)9(6-8)13(17)18-7-11(16)12-2-1-5-19-12/h1-6,15H,7H2. The van der Waals surface area contributed by atoms with E-state index in [0.717, 1.165) is 0 Å². The summed E-state index contributed by atoms with van der Waals surface area (Å²) in [5, 5.41) is 11.3. The zero-order chi connectivity index (χ0) is 13.8. The Morgan fingerprint density at radius 1 is 1.32 bits per heavy atom. The number of Topliss-reactive ketones (excluding diaryl/α,β-unsaturated/α-hetero) is 1. The largest absolute Gasteiger partial charge is 0.507 e. The van der Waals surface area contributed by atoms with Crippen molar-refractivity contribution in [1.82, 2.24) is 0 Å². The van der Waals surface area contributed by atoms with E-state index in [1.165, 1.54) is 23.5 Å². The van der Waals surface area contributed by atoms with Gasteiger partial charge in [0, 0.05) is 4.47 Å². The van der Waals surface area contributed by atoms with E-state index in [1.54, 1.807) is 23.6 Å². The van der Waals surface area contributed by atoms with Crippen molar-refractivity contribution in [2.45, 2.75) is 0 Å². The number of esters is 1. The van der Waals surface area contributed by atoms with Crippen LogP contribution in [0.2, 0.25) is 0 Å². The third-order valence-electron chi connectivity index (χ3n) is 2.31. The molecule has 0 aliphatic heterocycles. The molecule has 4 nitrogen and oxygen atoms in total. The van der Waals surface area contributed by atoms with Gasteiger partial charge in [-0.15, -0.1) is 11.3 Å². The minimum Gasteiger partial charge on any atom is -0.507 e. The third-order valence-corrected chi connectivity index (χ3v) is 3.71. The summed E-state index contributed by atoms with van der Waals surface area (Å²) in [6.07, 6.45) is 0. The Hall–Kier alpha value is -1.66. The lowest BCUT2D eigenvalue weighted by atomic mass is 10.2. The van der Waals surface area contributed by atoms with Crippen LogP contribution in [-0.2, 0) is 4.74 Å². The summed E-state index contributed by atoms with van der Waals surface area (Å²) in [4.78, 5) is 23.9. The monoisotopic (exact) mass is 340 g/mol. The lowest BCUT2D eigenvalue weighted by Gasteiger charge is -2.05. The lowest BCUT2D eigenvalue weighted by Crippen LogP contribution is -2.13. The van der Waals surface area contributed by atoms with Crippen LogP contribution in [0, 0.1) is 0 Å². The number of thiophene rings is 1. The van der Waals surface area contributed by atoms with Crippen molar-refractivity contribution in [2.24, 2.45) is 0 Å². The molecule has 0 unspecified atom stereocenters. The average molecular weight is 341 g/mol. The molecule has 0 saturated heterocycles. The maximum Gasteiger partial charge on any atom is 0.342 e. The van der Waals surface area contributed by atoms with E-state index in [1.807, 2.05) is 0 Å². The number of ketones is 1. The van der Waals surface area contributed by atoms with Gasteiger partial charge in [0.25, 0.3) is 0 Å². The summed E-state index contributed by atoms with van der Waals surface area (Å²) >= 11 is 4.48. The highest BCUT2D eigenvalue weighted by atomic mass is 79.9. The van der Waals surface area contributed by atoms with Gasteiger partial charge < -0.3 is 9.84 Å². The molecule has 2 rings (SSSR count). The minimum absolute atomic E-state index is 0.0216. The molecule has 1 N–H and O–H groups in total. The molecular weight excluding hydrogens is 332 g/mol. The molecule has 2 aromatic rings. The topological polar surface area (TPSA) is 63.6 Å². The van der Waals surface area contributed by atoms with Crippen LogP contribution in [0.4, 0.5) is 0 Å². The lowest BCUT2D eigenvalue weighted by molar-refractivity contribution is 0.0473. The molecule has 0 aliphatic carbocycles. The summed E-state index contributed by atoms with van der Waals surface area (Å²) in [5.74, 6) is -1.18. The Bertz CT molecular complexity index is 607. The number of halogens is 1. The second kappa shape index (κ2) is 5.99. The van der Waals surface area contributed by atoms with Crippen LogP contribution in [-0.4, -0.2) is 23.5 Å². The molecule has 0 spiro atoms. The molecule has 0 amide bonds. The maximum atomic E-state index is 11.7. The van der Waals surface area contributed by atoms with Crippen molar-refractivity contribution in [3.63, 3.8) is 0 Å². The van der Waals surface area contributed by atoms with Gasteiger partial charge in [0.15, 0.2) is 6.61 Å². The number of carbonyl (C=O) groups excluding carboxylic acids is 2. The molecule has 0 radical (unpaired) electrons. The van der Waals surface area contributed by atoms with Gasteiger partial charge in [-0.2, -0.15) is 0 Å². The highest BCUT2D eigenvalue weighted by Gasteiger charge is 2.15. The Morgan fingerprint density at radius 2 is 2.11 bits per heavy atom. The fourth-order valence-electron chi connectivity index (χ4n) is 1.39. The molecule has 0 bridgehead atoms. The normalized spacial score (nSPS) is 10.2. The minimum atomic E-state index is -0.733. The van der Waals surface area contributed by atoms with Crippen molar-refractivity contribution < 1.29 is 19.4 Å². The molecule has 19 heavy (non-hydrogen) atoms. The number of ether oxygens (including phenoxy) is 1. The van der Waals surface area contributed by atoms with E-state index in [-0.39, 0.29) is 23.7 Å². The third kappa shape index (κ3) is 3.42. The second-order valence-corrected chi connectivity index (χ2v) is 5.50. The van der Waals surface area contributed by atoms with Gasteiger partial charge in [-0.3, -0.25) is 4.79 Å². The van der Waals surface area contributed by atoms with Crippen LogP contribution >= 0.6 is 27.3 Å². The number of carbonyl (C=O) groups is 2. The number of hydrogen-bond donors (Lipinski definition) is 1. The Balaban J connectivity index is 2.02. The molecule has 0 atom stereocenters. The summed E-state index contributed by atoms with van der Waals surface area (Å²) < 4.78 is 5.53. The van der Waals surface area contributed by atoms with E-state index in [9.17, 15) is 14.7 Å². The van der Waals surface area contributed by atoms with Crippen LogP contribution < -0.4 is 0 Å². The van der Waals surface area contributed by atoms with Gasteiger partial charge in [0.05, 0.1) is 4.88 Å². The summed E-state index contributed by atoms with van der Waals surface area (Å²) in [6, 6.07) is 7.83. The van der Waals surface area contributed by atoms with Crippen molar-refractivity contribution in [2.75, 3.05) is 6.61 Å². The molecular formula is C13H9BrO4S. The van der Waals surface area contributed by atoms with Crippen LogP contribution in [0.1, 0.15) is 20.0 Å². The smallest absolute Gasteiger partial charge is 0.342 e. The van der Waals surface area contributed by atoms with Gasteiger partial charge in [-0.1, -0.05) is 22.0 Å². The number of phenolic OH excluding ortho intramolecular Hbond substituents is 1. The van der Waals surface area contributed by atoms with Crippen LogP contribution in [0.3, 0.4) is 0 Å². The molecule has 6 heteroatoms. The number of hydrogen-bond acceptors (Lipinski definition) is 5. The van der Waals surface area contributed by atoms with E-state index in [2.05, 4.69) is 15.9 Å².